The molecule has 1 amide bonds. The Balaban J connectivity index is 1.55. The van der Waals surface area contributed by atoms with Crippen molar-refractivity contribution in [2.45, 2.75) is 6.61 Å². The number of hydrazone groups is 1. The van der Waals surface area contributed by atoms with Crippen molar-refractivity contribution in [3.8, 4) is 11.5 Å². The monoisotopic (exact) mass is 546 g/mol. The van der Waals surface area contributed by atoms with E-state index in [1.807, 2.05) is 0 Å². The molecule has 13 heteroatoms. The second-order valence-corrected chi connectivity index (χ2v) is 9.98. The fraction of sp³-hybridized carbons (Fsp3) is 0.167. The Kier molecular flexibility index (Phi) is 9.04. The van der Waals surface area contributed by atoms with Crippen LogP contribution in [0.5, 0.6) is 11.5 Å². The summed E-state index contributed by atoms with van der Waals surface area (Å²) in [5, 5.41) is 14.8. The van der Waals surface area contributed by atoms with Gasteiger partial charge in [-0.3, -0.25) is 19.2 Å². The fourth-order valence-corrected chi connectivity index (χ4v) is 4.19. The molecule has 0 saturated heterocycles. The summed E-state index contributed by atoms with van der Waals surface area (Å²) < 4.78 is 36.1. The van der Waals surface area contributed by atoms with E-state index in [9.17, 15) is 23.3 Å². The number of nitrogens with zero attached hydrogens (tertiary/aromatic N) is 3. The van der Waals surface area contributed by atoms with E-state index >= 15 is 0 Å². The van der Waals surface area contributed by atoms with Crippen molar-refractivity contribution >= 4 is 45.1 Å². The molecule has 0 saturated carbocycles. The molecule has 0 aliphatic heterocycles. The summed E-state index contributed by atoms with van der Waals surface area (Å²) in [7, 11) is -2.35. The Morgan fingerprint density at radius 3 is 2.38 bits per heavy atom. The Bertz CT molecular complexity index is 1400. The summed E-state index contributed by atoms with van der Waals surface area (Å²) in [6, 6.07) is 17.3. The minimum atomic E-state index is -3.79. The number of anilines is 1. The number of ether oxygens (including phenoxy) is 2. The molecule has 3 rings (SSSR count). The van der Waals surface area contributed by atoms with Gasteiger partial charge < -0.3 is 9.47 Å². The van der Waals surface area contributed by atoms with Gasteiger partial charge in [0.1, 0.15) is 24.7 Å². The first-order valence-electron chi connectivity index (χ1n) is 10.7. The zero-order valence-electron chi connectivity index (χ0n) is 19.8. The number of sulfonamides is 1. The van der Waals surface area contributed by atoms with Crippen LogP contribution in [0.1, 0.15) is 11.1 Å². The highest BCUT2D eigenvalue weighted by atomic mass is 35.5. The van der Waals surface area contributed by atoms with E-state index in [1.54, 1.807) is 36.4 Å². The number of carbonyl (C=O) groups excluding carboxylic acids is 1. The van der Waals surface area contributed by atoms with Gasteiger partial charge in [0.2, 0.25) is 10.0 Å². The van der Waals surface area contributed by atoms with Crippen LogP contribution in [0.2, 0.25) is 5.02 Å². The van der Waals surface area contributed by atoms with Crippen LogP contribution in [-0.2, 0) is 21.4 Å². The smallest absolute Gasteiger partial charge is 0.269 e. The molecule has 3 aromatic carbocycles. The molecule has 194 valence electrons. The van der Waals surface area contributed by atoms with Crippen LogP contribution in [0.4, 0.5) is 11.4 Å². The van der Waals surface area contributed by atoms with E-state index in [-0.39, 0.29) is 23.0 Å². The number of amides is 1. The summed E-state index contributed by atoms with van der Waals surface area (Å²) in [6.45, 7) is -0.272. The third kappa shape index (κ3) is 7.92. The lowest BCUT2D eigenvalue weighted by atomic mass is 10.2. The average Bonchev–Trinajstić information content (AvgIpc) is 2.86. The minimum absolute atomic E-state index is 0.00800. The highest BCUT2D eigenvalue weighted by Gasteiger charge is 2.21. The lowest BCUT2D eigenvalue weighted by Gasteiger charge is -2.21. The molecule has 0 aliphatic rings. The highest BCUT2D eigenvalue weighted by Crippen LogP contribution is 2.30. The Labute approximate surface area is 218 Å². The molecule has 37 heavy (non-hydrogen) atoms. The van der Waals surface area contributed by atoms with Gasteiger partial charge in [-0.2, -0.15) is 5.10 Å². The van der Waals surface area contributed by atoms with Crippen molar-refractivity contribution in [1.82, 2.24) is 5.43 Å². The second-order valence-electron chi connectivity index (χ2n) is 7.66. The normalized spacial score (nSPS) is 11.2. The molecule has 0 spiro atoms. The van der Waals surface area contributed by atoms with Crippen molar-refractivity contribution in [2.75, 3.05) is 24.2 Å². The molecule has 0 fully saturated rings. The molecule has 11 nitrogen and oxygen atoms in total. The van der Waals surface area contributed by atoms with Crippen molar-refractivity contribution in [3.05, 3.63) is 93.0 Å². The van der Waals surface area contributed by atoms with Gasteiger partial charge in [0.15, 0.2) is 0 Å². The lowest BCUT2D eigenvalue weighted by Crippen LogP contribution is -2.39. The number of hydrogen-bond acceptors (Lipinski definition) is 8. The maximum atomic E-state index is 12.4. The van der Waals surface area contributed by atoms with Gasteiger partial charge in [0.05, 0.1) is 35.2 Å². The fourth-order valence-electron chi connectivity index (χ4n) is 3.09. The molecule has 0 atom stereocenters. The van der Waals surface area contributed by atoms with Crippen LogP contribution in [0, 0.1) is 10.1 Å². The van der Waals surface area contributed by atoms with Gasteiger partial charge in [-0.15, -0.1) is 0 Å². The standard InChI is InChI=1S/C24H23ClN4O7S/c1-35-23-12-9-20(13-22(23)25)28(37(2,33)34)15-24(30)27-26-14-17-5-10-21(11-6-17)36-16-18-3-7-19(8-4-18)29(31)32/h3-14H,15-16H2,1-2H3,(H,27,30)/b26-14-. The van der Waals surface area contributed by atoms with Crippen LogP contribution in [-0.4, -0.2) is 45.4 Å². The number of nitro benzene ring substituents is 1. The third-order valence-corrected chi connectivity index (χ3v) is 6.38. The van der Waals surface area contributed by atoms with Gasteiger partial charge in [-0.1, -0.05) is 11.6 Å². The van der Waals surface area contributed by atoms with E-state index in [1.165, 1.54) is 43.7 Å². The van der Waals surface area contributed by atoms with Gasteiger partial charge >= 0.3 is 0 Å². The molecule has 0 aromatic heterocycles. The minimum Gasteiger partial charge on any atom is -0.495 e. The van der Waals surface area contributed by atoms with Crippen molar-refractivity contribution < 1.29 is 27.6 Å². The number of nitrogens with one attached hydrogen (secondary N) is 1. The Hall–Kier alpha value is -4.16. The highest BCUT2D eigenvalue weighted by molar-refractivity contribution is 7.92. The number of non-ortho nitro benzene ring substituents is 1. The third-order valence-electron chi connectivity index (χ3n) is 4.95. The van der Waals surface area contributed by atoms with Crippen LogP contribution in [0.25, 0.3) is 0 Å². The predicted molar refractivity (Wildman–Crippen MR) is 140 cm³/mol. The van der Waals surface area contributed by atoms with Crippen LogP contribution >= 0.6 is 11.6 Å². The zero-order valence-corrected chi connectivity index (χ0v) is 21.4. The van der Waals surface area contributed by atoms with Crippen LogP contribution < -0.4 is 19.2 Å². The van der Waals surface area contributed by atoms with Crippen LogP contribution in [0.3, 0.4) is 0 Å². The topological polar surface area (TPSA) is 140 Å². The average molecular weight is 547 g/mol. The number of hydrogen-bond donors (Lipinski definition) is 1. The molecule has 0 unspecified atom stereocenters. The largest absolute Gasteiger partial charge is 0.495 e. The van der Waals surface area contributed by atoms with Crippen molar-refractivity contribution in [3.63, 3.8) is 0 Å². The number of rotatable bonds is 11. The lowest BCUT2D eigenvalue weighted by molar-refractivity contribution is -0.384. The number of benzene rings is 3. The molecule has 0 radical (unpaired) electrons. The Morgan fingerprint density at radius 1 is 1.14 bits per heavy atom. The number of methoxy groups -OCH3 is 1. The second kappa shape index (κ2) is 12.2. The molecule has 3 aromatic rings. The quantitative estimate of drug-likeness (QED) is 0.219. The molecule has 1 N–H and O–H groups in total. The molecular weight excluding hydrogens is 524 g/mol. The first-order chi connectivity index (χ1) is 17.6. The molecule has 0 bridgehead atoms. The summed E-state index contributed by atoms with van der Waals surface area (Å²) in [6.07, 6.45) is 2.37. The van der Waals surface area contributed by atoms with Gasteiger partial charge in [-0.05, 0) is 65.7 Å². The summed E-state index contributed by atoms with van der Waals surface area (Å²) in [4.78, 5) is 22.6. The maximum absolute atomic E-state index is 12.4. The zero-order chi connectivity index (χ0) is 27.0. The van der Waals surface area contributed by atoms with Crippen molar-refractivity contribution in [2.24, 2.45) is 5.10 Å². The summed E-state index contributed by atoms with van der Waals surface area (Å²) in [5.74, 6) is 0.286. The Morgan fingerprint density at radius 2 is 1.81 bits per heavy atom. The van der Waals surface area contributed by atoms with Crippen LogP contribution in [0.15, 0.2) is 71.8 Å². The summed E-state index contributed by atoms with van der Waals surface area (Å²) >= 11 is 6.09. The molecule has 0 heterocycles. The molecular formula is C24H23ClN4O7S. The number of halogens is 1. The maximum Gasteiger partial charge on any atom is 0.269 e. The van der Waals surface area contributed by atoms with E-state index < -0.39 is 27.4 Å². The predicted octanol–water partition coefficient (Wildman–Crippen LogP) is 3.75. The first-order valence-corrected chi connectivity index (χ1v) is 12.9. The van der Waals surface area contributed by atoms with Gasteiger partial charge in [0, 0.05) is 12.1 Å². The SMILES string of the molecule is COc1ccc(N(CC(=O)N/N=C\c2ccc(OCc3ccc([N+](=O)[O-])cc3)cc2)S(C)(=O)=O)cc1Cl. The van der Waals surface area contributed by atoms with Crippen molar-refractivity contribution in [1.29, 1.82) is 0 Å². The van der Waals surface area contributed by atoms with Gasteiger partial charge in [0.25, 0.3) is 11.6 Å². The number of nitro groups is 1. The number of carbonyl (C=O) groups is 1. The van der Waals surface area contributed by atoms with E-state index in [2.05, 4.69) is 10.5 Å². The first kappa shape index (κ1) is 27.4. The van der Waals surface area contributed by atoms with E-state index in [4.69, 9.17) is 21.1 Å². The van der Waals surface area contributed by atoms with E-state index in [0.717, 1.165) is 16.1 Å². The summed E-state index contributed by atoms with van der Waals surface area (Å²) in [5.41, 5.74) is 3.95. The molecule has 0 aliphatic carbocycles. The van der Waals surface area contributed by atoms with E-state index in [0.29, 0.717) is 17.1 Å². The van der Waals surface area contributed by atoms with Gasteiger partial charge in [-0.25, -0.2) is 13.8 Å².